The fraction of sp³-hybridized carbons (Fsp3) is 0.294. The van der Waals surface area contributed by atoms with Crippen molar-refractivity contribution in [1.82, 2.24) is 0 Å². The van der Waals surface area contributed by atoms with Crippen molar-refractivity contribution in [2.45, 2.75) is 13.3 Å². The van der Waals surface area contributed by atoms with E-state index < -0.39 is 10.1 Å². The lowest BCUT2D eigenvalue weighted by atomic mass is 10.2. The molecule has 2 rings (SSSR count). The maximum absolute atomic E-state index is 10.8. The lowest BCUT2D eigenvalue weighted by Gasteiger charge is -2.22. The number of anilines is 1. The average molecular weight is 416 g/mol. The number of halogens is 2. The fourth-order valence-corrected chi connectivity index (χ4v) is 3.13. The summed E-state index contributed by atoms with van der Waals surface area (Å²) in [6, 6.07) is 12.4. The number of azo groups is 1. The lowest BCUT2D eigenvalue weighted by molar-refractivity contribution is 0.481. The van der Waals surface area contributed by atoms with Gasteiger partial charge in [-0.3, -0.25) is 4.55 Å². The number of rotatable bonds is 8. The van der Waals surface area contributed by atoms with Gasteiger partial charge in [0, 0.05) is 23.8 Å². The Kier molecular flexibility index (Phi) is 7.40. The van der Waals surface area contributed by atoms with Crippen molar-refractivity contribution in [3.8, 4) is 0 Å². The molecule has 0 radical (unpaired) electrons. The topological polar surface area (TPSA) is 82.3 Å². The first kappa shape index (κ1) is 20.6. The second kappa shape index (κ2) is 9.32. The Hall–Kier alpha value is -1.67. The van der Waals surface area contributed by atoms with Crippen LogP contribution in [-0.2, 0) is 10.1 Å². The maximum atomic E-state index is 10.8. The first-order valence-electron chi connectivity index (χ1n) is 7.95. The van der Waals surface area contributed by atoms with Crippen LogP contribution in [0, 0.1) is 0 Å². The van der Waals surface area contributed by atoms with Gasteiger partial charge in [-0.2, -0.15) is 13.5 Å². The number of hydrogen-bond acceptors (Lipinski definition) is 5. The van der Waals surface area contributed by atoms with E-state index in [0.717, 1.165) is 5.69 Å². The van der Waals surface area contributed by atoms with Gasteiger partial charge in [0.05, 0.1) is 16.5 Å². The third-order valence-electron chi connectivity index (χ3n) is 3.61. The molecule has 0 atom stereocenters. The summed E-state index contributed by atoms with van der Waals surface area (Å²) in [6.45, 7) is 3.21. The minimum absolute atomic E-state index is 0.254. The van der Waals surface area contributed by atoms with Gasteiger partial charge in [-0.1, -0.05) is 23.2 Å². The summed E-state index contributed by atoms with van der Waals surface area (Å²) in [5, 5.41) is 9.25. The van der Waals surface area contributed by atoms with E-state index >= 15 is 0 Å². The molecule has 0 amide bonds. The lowest BCUT2D eigenvalue weighted by Crippen LogP contribution is -2.25. The molecule has 2 aromatic rings. The molecule has 0 aromatic heterocycles. The van der Waals surface area contributed by atoms with Crippen molar-refractivity contribution in [1.29, 1.82) is 0 Å². The molecule has 26 heavy (non-hydrogen) atoms. The molecule has 140 valence electrons. The Morgan fingerprint density at radius 2 is 1.77 bits per heavy atom. The predicted octanol–water partition coefficient (Wildman–Crippen LogP) is 5.51. The molecule has 0 unspecified atom stereocenters. The molecule has 0 aliphatic carbocycles. The second-order valence-electron chi connectivity index (χ2n) is 5.53. The Morgan fingerprint density at radius 1 is 1.08 bits per heavy atom. The van der Waals surface area contributed by atoms with Crippen LogP contribution in [0.1, 0.15) is 13.3 Å². The van der Waals surface area contributed by atoms with Gasteiger partial charge < -0.3 is 4.90 Å². The largest absolute Gasteiger partial charge is 0.372 e. The summed E-state index contributed by atoms with van der Waals surface area (Å²) in [5.74, 6) is -0.254. The van der Waals surface area contributed by atoms with E-state index in [1.807, 2.05) is 36.1 Å². The minimum atomic E-state index is -3.93. The molecule has 0 aliphatic rings. The molecule has 0 saturated heterocycles. The molecular formula is C17H19Cl2N3O3S. The van der Waals surface area contributed by atoms with Crippen molar-refractivity contribution in [3.63, 3.8) is 0 Å². The summed E-state index contributed by atoms with van der Waals surface area (Å²) >= 11 is 12.0. The van der Waals surface area contributed by atoms with Gasteiger partial charge in [0.15, 0.2) is 0 Å². The summed E-state index contributed by atoms with van der Waals surface area (Å²) in [6.07, 6.45) is 0.349. The van der Waals surface area contributed by atoms with E-state index in [1.165, 1.54) is 0 Å². The molecular weight excluding hydrogens is 397 g/mol. The molecule has 0 fully saturated rings. The fourth-order valence-electron chi connectivity index (χ4n) is 2.31. The third kappa shape index (κ3) is 6.57. The normalized spacial score (nSPS) is 11.8. The predicted molar refractivity (Wildman–Crippen MR) is 106 cm³/mol. The SMILES string of the molecule is CCN(CCCS(=O)(=O)O)c1ccc(N=Nc2cc(Cl)ccc2Cl)cc1. The van der Waals surface area contributed by atoms with Crippen LogP contribution in [0.25, 0.3) is 0 Å². The Morgan fingerprint density at radius 3 is 2.38 bits per heavy atom. The quantitative estimate of drug-likeness (QED) is 0.454. The van der Waals surface area contributed by atoms with Crippen LogP contribution in [0.3, 0.4) is 0 Å². The average Bonchev–Trinajstić information content (AvgIpc) is 2.59. The van der Waals surface area contributed by atoms with E-state index in [9.17, 15) is 8.42 Å². The first-order chi connectivity index (χ1) is 12.3. The highest BCUT2D eigenvalue weighted by Gasteiger charge is 2.08. The summed E-state index contributed by atoms with van der Waals surface area (Å²) in [4.78, 5) is 2.01. The van der Waals surface area contributed by atoms with Crippen molar-refractivity contribution in [2.75, 3.05) is 23.7 Å². The van der Waals surface area contributed by atoms with Gasteiger partial charge in [-0.25, -0.2) is 0 Å². The molecule has 0 saturated carbocycles. The van der Waals surface area contributed by atoms with E-state index in [-0.39, 0.29) is 5.75 Å². The molecule has 0 heterocycles. The van der Waals surface area contributed by atoms with Crippen LogP contribution >= 0.6 is 23.2 Å². The van der Waals surface area contributed by atoms with E-state index in [2.05, 4.69) is 10.2 Å². The standard InChI is InChI=1S/C17H19Cl2N3O3S/c1-2-22(10-3-11-26(23,24)25)15-7-5-14(6-8-15)20-21-17-12-13(18)4-9-16(17)19/h4-9,12H,2-3,10-11H2,1H3,(H,23,24,25). The second-order valence-corrected chi connectivity index (χ2v) is 7.95. The van der Waals surface area contributed by atoms with E-state index in [0.29, 0.717) is 40.9 Å². The molecule has 0 bridgehead atoms. The minimum Gasteiger partial charge on any atom is -0.372 e. The van der Waals surface area contributed by atoms with Crippen LogP contribution in [0.4, 0.5) is 17.1 Å². The van der Waals surface area contributed by atoms with Crippen LogP contribution < -0.4 is 4.90 Å². The van der Waals surface area contributed by atoms with Gasteiger partial charge in [0.25, 0.3) is 10.1 Å². The highest BCUT2D eigenvalue weighted by atomic mass is 35.5. The zero-order chi connectivity index (χ0) is 19.2. The highest BCUT2D eigenvalue weighted by molar-refractivity contribution is 7.85. The van der Waals surface area contributed by atoms with Gasteiger partial charge in [0.1, 0.15) is 5.69 Å². The molecule has 0 aliphatic heterocycles. The van der Waals surface area contributed by atoms with Crippen molar-refractivity contribution in [3.05, 3.63) is 52.5 Å². The smallest absolute Gasteiger partial charge is 0.264 e. The third-order valence-corrected chi connectivity index (χ3v) is 4.97. The van der Waals surface area contributed by atoms with Gasteiger partial charge in [0.2, 0.25) is 0 Å². The summed E-state index contributed by atoms with van der Waals surface area (Å²) in [5.41, 5.74) is 2.07. The Balaban J connectivity index is 2.04. The van der Waals surface area contributed by atoms with Crippen LogP contribution in [0.5, 0.6) is 0 Å². The number of hydrogen-bond donors (Lipinski definition) is 1. The van der Waals surface area contributed by atoms with Gasteiger partial charge in [-0.15, -0.1) is 5.11 Å². The Labute approximate surface area is 163 Å². The molecule has 1 N–H and O–H groups in total. The summed E-state index contributed by atoms with van der Waals surface area (Å²) < 4.78 is 30.4. The highest BCUT2D eigenvalue weighted by Crippen LogP contribution is 2.30. The molecule has 2 aromatic carbocycles. The zero-order valence-corrected chi connectivity index (χ0v) is 16.5. The number of nitrogens with zero attached hydrogens (tertiary/aromatic N) is 3. The van der Waals surface area contributed by atoms with Gasteiger partial charge in [-0.05, 0) is 55.8 Å². The van der Waals surface area contributed by atoms with Gasteiger partial charge >= 0.3 is 0 Å². The number of benzene rings is 2. The molecule has 9 heteroatoms. The van der Waals surface area contributed by atoms with Crippen molar-refractivity contribution >= 4 is 50.4 Å². The van der Waals surface area contributed by atoms with Crippen LogP contribution in [0.2, 0.25) is 10.0 Å². The van der Waals surface area contributed by atoms with Crippen LogP contribution in [-0.4, -0.2) is 31.8 Å². The monoisotopic (exact) mass is 415 g/mol. The first-order valence-corrected chi connectivity index (χ1v) is 10.3. The van der Waals surface area contributed by atoms with E-state index in [4.69, 9.17) is 27.8 Å². The Bertz CT molecular complexity index is 871. The maximum Gasteiger partial charge on any atom is 0.264 e. The van der Waals surface area contributed by atoms with E-state index in [1.54, 1.807) is 18.2 Å². The zero-order valence-electron chi connectivity index (χ0n) is 14.1. The van der Waals surface area contributed by atoms with Crippen LogP contribution in [0.15, 0.2) is 52.7 Å². The molecule has 0 spiro atoms. The summed E-state index contributed by atoms with van der Waals surface area (Å²) in [7, 11) is -3.93. The van der Waals surface area contributed by atoms with Crippen molar-refractivity contribution in [2.24, 2.45) is 10.2 Å². The molecule has 6 nitrogen and oxygen atoms in total. The van der Waals surface area contributed by atoms with Crippen molar-refractivity contribution < 1.29 is 13.0 Å².